The maximum atomic E-state index is 11.1. The summed E-state index contributed by atoms with van der Waals surface area (Å²) in [6.45, 7) is 2.61. The van der Waals surface area contributed by atoms with Gasteiger partial charge in [0.1, 0.15) is 5.56 Å². The number of benzene rings is 1. The predicted octanol–water partition coefficient (Wildman–Crippen LogP) is 2.12. The van der Waals surface area contributed by atoms with Crippen molar-refractivity contribution in [3.8, 4) is 0 Å². The number of carbonyl (C=O) groups is 1. The van der Waals surface area contributed by atoms with Gasteiger partial charge < -0.3 is 10.0 Å². The molecule has 0 saturated carbocycles. The van der Waals surface area contributed by atoms with Gasteiger partial charge in [0.2, 0.25) is 0 Å². The number of hydrogen-bond donors (Lipinski definition) is 1. The van der Waals surface area contributed by atoms with Crippen LogP contribution in [0.4, 0.5) is 5.82 Å². The van der Waals surface area contributed by atoms with Crippen molar-refractivity contribution in [2.24, 2.45) is 0 Å². The first-order valence-electron chi connectivity index (χ1n) is 5.89. The Morgan fingerprint density at radius 3 is 2.58 bits per heavy atom. The molecule has 5 nitrogen and oxygen atoms in total. The van der Waals surface area contributed by atoms with Gasteiger partial charge in [-0.2, -0.15) is 5.10 Å². The smallest absolute Gasteiger partial charge is 0.339 e. The van der Waals surface area contributed by atoms with Gasteiger partial charge >= 0.3 is 5.97 Å². The molecule has 2 rings (SSSR count). The topological polar surface area (TPSA) is 66.3 Å². The summed E-state index contributed by atoms with van der Waals surface area (Å²) in [6, 6.07) is 9.54. The van der Waals surface area contributed by atoms with Crippen molar-refractivity contribution >= 4 is 11.8 Å². The minimum absolute atomic E-state index is 0.157. The Kier molecular flexibility index (Phi) is 3.75. The summed E-state index contributed by atoms with van der Waals surface area (Å²) in [7, 11) is 1.80. The van der Waals surface area contributed by atoms with Crippen LogP contribution in [0.3, 0.4) is 0 Å². The molecule has 0 fully saturated rings. The molecular formula is C14H15N3O2. The molecule has 0 aliphatic rings. The van der Waals surface area contributed by atoms with Crippen LogP contribution in [0.2, 0.25) is 0 Å². The Bertz CT molecular complexity index is 581. The van der Waals surface area contributed by atoms with E-state index in [2.05, 4.69) is 10.2 Å². The van der Waals surface area contributed by atoms with Gasteiger partial charge in [-0.05, 0) is 18.6 Å². The molecule has 98 valence electrons. The normalized spacial score (nSPS) is 10.2. The van der Waals surface area contributed by atoms with Crippen LogP contribution >= 0.6 is 0 Å². The van der Waals surface area contributed by atoms with Crippen LogP contribution in [0.1, 0.15) is 21.5 Å². The van der Waals surface area contributed by atoms with E-state index < -0.39 is 5.97 Å². The Morgan fingerprint density at radius 2 is 1.95 bits per heavy atom. The van der Waals surface area contributed by atoms with Gasteiger partial charge in [-0.1, -0.05) is 29.8 Å². The fraction of sp³-hybridized carbons (Fsp3) is 0.214. The number of carboxylic acids is 1. The third kappa shape index (κ3) is 3.07. The van der Waals surface area contributed by atoms with Crippen LogP contribution < -0.4 is 4.90 Å². The molecule has 0 bridgehead atoms. The summed E-state index contributed by atoms with van der Waals surface area (Å²) in [5, 5.41) is 16.8. The molecule has 0 aliphatic carbocycles. The van der Waals surface area contributed by atoms with E-state index in [1.54, 1.807) is 11.9 Å². The third-order valence-corrected chi connectivity index (χ3v) is 2.83. The second-order valence-corrected chi connectivity index (χ2v) is 4.42. The zero-order valence-corrected chi connectivity index (χ0v) is 10.9. The average Bonchev–Trinajstić information content (AvgIpc) is 2.41. The molecule has 5 heteroatoms. The van der Waals surface area contributed by atoms with E-state index in [0.717, 1.165) is 5.56 Å². The first-order valence-corrected chi connectivity index (χ1v) is 5.89. The summed E-state index contributed by atoms with van der Waals surface area (Å²) in [5.74, 6) is -0.628. The van der Waals surface area contributed by atoms with Gasteiger partial charge in [-0.3, -0.25) is 0 Å². The summed E-state index contributed by atoms with van der Waals surface area (Å²) >= 11 is 0. The molecule has 0 atom stereocenters. The second-order valence-electron chi connectivity index (χ2n) is 4.42. The van der Waals surface area contributed by atoms with E-state index in [1.807, 2.05) is 31.2 Å². The molecule has 0 spiro atoms. The Balaban J connectivity index is 2.22. The largest absolute Gasteiger partial charge is 0.478 e. The lowest BCUT2D eigenvalue weighted by Crippen LogP contribution is -2.21. The number of carboxylic acid groups (broad SMARTS) is 1. The van der Waals surface area contributed by atoms with Gasteiger partial charge in [0, 0.05) is 13.6 Å². The van der Waals surface area contributed by atoms with Gasteiger partial charge in [-0.15, -0.1) is 5.10 Å². The quantitative estimate of drug-likeness (QED) is 0.908. The van der Waals surface area contributed by atoms with E-state index >= 15 is 0 Å². The number of aromatic carboxylic acids is 1. The lowest BCUT2D eigenvalue weighted by molar-refractivity contribution is 0.0697. The maximum Gasteiger partial charge on any atom is 0.339 e. The fourth-order valence-corrected chi connectivity index (χ4v) is 1.82. The number of anilines is 1. The number of nitrogens with zero attached hydrogens (tertiary/aromatic N) is 3. The van der Waals surface area contributed by atoms with Crippen molar-refractivity contribution in [3.63, 3.8) is 0 Å². The molecule has 0 saturated heterocycles. The average molecular weight is 257 g/mol. The third-order valence-electron chi connectivity index (χ3n) is 2.83. The number of aryl methyl sites for hydroxylation is 1. The highest BCUT2D eigenvalue weighted by molar-refractivity contribution is 5.93. The molecule has 1 aromatic carbocycles. The first kappa shape index (κ1) is 13.0. The van der Waals surface area contributed by atoms with Crippen LogP contribution in [0.25, 0.3) is 0 Å². The standard InChI is InChI=1S/C14H15N3O2/c1-10-3-5-11(6-4-10)9-17(2)13-12(14(18)19)7-8-15-16-13/h3-8H,9H2,1-2H3,(H,18,19). The molecule has 0 radical (unpaired) electrons. The minimum atomic E-state index is -0.999. The maximum absolute atomic E-state index is 11.1. The van der Waals surface area contributed by atoms with Gasteiger partial charge in [-0.25, -0.2) is 4.79 Å². The van der Waals surface area contributed by atoms with Gasteiger partial charge in [0.15, 0.2) is 5.82 Å². The number of hydrogen-bond acceptors (Lipinski definition) is 4. The Labute approximate surface area is 111 Å². The van der Waals surface area contributed by atoms with Gasteiger partial charge in [0.05, 0.1) is 6.20 Å². The number of aromatic nitrogens is 2. The monoisotopic (exact) mass is 257 g/mol. The van der Waals surface area contributed by atoms with E-state index in [9.17, 15) is 4.79 Å². The molecule has 2 aromatic rings. The van der Waals surface area contributed by atoms with E-state index in [-0.39, 0.29) is 5.56 Å². The zero-order valence-electron chi connectivity index (χ0n) is 10.9. The minimum Gasteiger partial charge on any atom is -0.478 e. The highest BCUT2D eigenvalue weighted by Gasteiger charge is 2.15. The highest BCUT2D eigenvalue weighted by atomic mass is 16.4. The molecule has 1 aromatic heterocycles. The summed E-state index contributed by atoms with van der Waals surface area (Å²) in [4.78, 5) is 12.9. The van der Waals surface area contributed by atoms with E-state index in [1.165, 1.54) is 17.8 Å². The van der Waals surface area contributed by atoms with Crippen molar-refractivity contribution in [1.29, 1.82) is 0 Å². The van der Waals surface area contributed by atoms with Crippen LogP contribution in [0.15, 0.2) is 36.5 Å². The van der Waals surface area contributed by atoms with Crippen molar-refractivity contribution in [1.82, 2.24) is 10.2 Å². The molecule has 19 heavy (non-hydrogen) atoms. The summed E-state index contributed by atoms with van der Waals surface area (Å²) < 4.78 is 0. The lowest BCUT2D eigenvalue weighted by atomic mass is 10.1. The van der Waals surface area contributed by atoms with E-state index in [4.69, 9.17) is 5.11 Å². The van der Waals surface area contributed by atoms with Crippen molar-refractivity contribution in [3.05, 3.63) is 53.2 Å². The molecule has 0 aliphatic heterocycles. The molecule has 1 N–H and O–H groups in total. The molecule has 0 unspecified atom stereocenters. The predicted molar refractivity (Wildman–Crippen MR) is 72.3 cm³/mol. The van der Waals surface area contributed by atoms with Crippen LogP contribution in [-0.4, -0.2) is 28.3 Å². The number of rotatable bonds is 4. The van der Waals surface area contributed by atoms with Crippen LogP contribution in [0, 0.1) is 6.92 Å². The van der Waals surface area contributed by atoms with Crippen LogP contribution in [0.5, 0.6) is 0 Å². The zero-order chi connectivity index (χ0) is 13.8. The lowest BCUT2D eigenvalue weighted by Gasteiger charge is -2.19. The first-order chi connectivity index (χ1) is 9.08. The highest BCUT2D eigenvalue weighted by Crippen LogP contribution is 2.17. The SMILES string of the molecule is Cc1ccc(CN(C)c2nnccc2C(=O)O)cc1. The van der Waals surface area contributed by atoms with Gasteiger partial charge in [0.25, 0.3) is 0 Å². The summed E-state index contributed by atoms with van der Waals surface area (Å²) in [6.07, 6.45) is 1.38. The fourth-order valence-electron chi connectivity index (χ4n) is 1.82. The Morgan fingerprint density at radius 1 is 1.26 bits per heavy atom. The molecule has 1 heterocycles. The second kappa shape index (κ2) is 5.48. The van der Waals surface area contributed by atoms with Crippen molar-refractivity contribution < 1.29 is 9.90 Å². The van der Waals surface area contributed by atoms with E-state index in [0.29, 0.717) is 12.4 Å². The summed E-state index contributed by atoms with van der Waals surface area (Å²) in [5.41, 5.74) is 2.44. The van der Waals surface area contributed by atoms with Crippen molar-refractivity contribution in [2.45, 2.75) is 13.5 Å². The Hall–Kier alpha value is -2.43. The molecular weight excluding hydrogens is 242 g/mol. The van der Waals surface area contributed by atoms with Crippen LogP contribution in [-0.2, 0) is 6.54 Å². The molecule has 0 amide bonds. The van der Waals surface area contributed by atoms with Crippen molar-refractivity contribution in [2.75, 3.05) is 11.9 Å².